The number of anilines is 1. The van der Waals surface area contributed by atoms with Gasteiger partial charge in [-0.25, -0.2) is 13.1 Å². The second-order valence-electron chi connectivity index (χ2n) is 4.90. The van der Waals surface area contributed by atoms with Crippen LogP contribution in [0.25, 0.3) is 0 Å². The predicted molar refractivity (Wildman–Crippen MR) is 78.1 cm³/mol. The van der Waals surface area contributed by atoms with E-state index in [9.17, 15) is 18.6 Å². The smallest absolute Gasteiger partial charge is 0.242 e. The highest BCUT2D eigenvalue weighted by molar-refractivity contribution is 7.89. The van der Waals surface area contributed by atoms with Crippen molar-refractivity contribution in [2.75, 3.05) is 25.1 Å². The Morgan fingerprint density at radius 2 is 1.80 bits per heavy atom. The summed E-state index contributed by atoms with van der Waals surface area (Å²) in [5, 5.41) is 21.5. The number of benzene rings is 1. The van der Waals surface area contributed by atoms with Gasteiger partial charge in [0.15, 0.2) is 0 Å². The van der Waals surface area contributed by atoms with Gasteiger partial charge in [0.2, 0.25) is 10.0 Å². The normalized spacial score (nSPS) is 12.4. The molecule has 114 valence electrons. The number of hydrogen-bond acceptors (Lipinski definition) is 5. The molecule has 0 atom stereocenters. The van der Waals surface area contributed by atoms with Crippen molar-refractivity contribution >= 4 is 15.7 Å². The Bertz CT molecular complexity index is 527. The van der Waals surface area contributed by atoms with Gasteiger partial charge in [-0.1, -0.05) is 19.1 Å². The maximum absolute atomic E-state index is 12.2. The van der Waals surface area contributed by atoms with Gasteiger partial charge in [-0.05, 0) is 25.5 Å². The summed E-state index contributed by atoms with van der Waals surface area (Å²) in [6.45, 7) is 3.20. The summed E-state index contributed by atoms with van der Waals surface area (Å²) in [7, 11) is -3.62. The second kappa shape index (κ2) is 7.03. The van der Waals surface area contributed by atoms with Crippen molar-refractivity contribution in [2.24, 2.45) is 0 Å². The fourth-order valence-electron chi connectivity index (χ4n) is 1.57. The zero-order valence-corrected chi connectivity index (χ0v) is 12.6. The molecule has 20 heavy (non-hydrogen) atoms. The van der Waals surface area contributed by atoms with E-state index in [0.29, 0.717) is 18.7 Å². The van der Waals surface area contributed by atoms with Crippen LogP contribution in [0, 0.1) is 0 Å². The quantitative estimate of drug-likeness (QED) is 0.561. The average Bonchev–Trinajstić information content (AvgIpc) is 2.45. The van der Waals surface area contributed by atoms with Crippen molar-refractivity contribution in [3.05, 3.63) is 24.3 Å². The van der Waals surface area contributed by atoms with Crippen LogP contribution < -0.4 is 10.0 Å². The van der Waals surface area contributed by atoms with Crippen LogP contribution in [0.5, 0.6) is 0 Å². The lowest BCUT2D eigenvalue weighted by Gasteiger charge is -2.28. The molecule has 0 amide bonds. The molecule has 1 aromatic rings. The summed E-state index contributed by atoms with van der Waals surface area (Å²) in [6.07, 6.45) is 0.694. The summed E-state index contributed by atoms with van der Waals surface area (Å²) in [5.74, 6) is 0. The summed E-state index contributed by atoms with van der Waals surface area (Å²) < 4.78 is 26.9. The zero-order valence-electron chi connectivity index (χ0n) is 11.8. The molecular weight excluding hydrogens is 280 g/mol. The molecule has 0 saturated carbocycles. The lowest BCUT2D eigenvalue weighted by Crippen LogP contribution is -2.43. The van der Waals surface area contributed by atoms with E-state index < -0.39 is 15.6 Å². The monoisotopic (exact) mass is 302 g/mol. The highest BCUT2D eigenvalue weighted by Gasteiger charge is 2.25. The van der Waals surface area contributed by atoms with Gasteiger partial charge in [-0.3, -0.25) is 0 Å². The molecule has 0 aliphatic carbocycles. The Morgan fingerprint density at radius 1 is 1.20 bits per heavy atom. The van der Waals surface area contributed by atoms with Crippen molar-refractivity contribution in [1.29, 1.82) is 0 Å². The van der Waals surface area contributed by atoms with Crippen LogP contribution in [0.3, 0.4) is 0 Å². The van der Waals surface area contributed by atoms with E-state index in [-0.39, 0.29) is 18.1 Å². The molecule has 7 heteroatoms. The largest absolute Gasteiger partial charge is 0.394 e. The predicted octanol–water partition coefficient (Wildman–Crippen LogP) is 0.530. The third-order valence-corrected chi connectivity index (χ3v) is 4.37. The van der Waals surface area contributed by atoms with E-state index in [1.165, 1.54) is 6.07 Å². The van der Waals surface area contributed by atoms with Crippen LogP contribution in [0.4, 0.5) is 5.69 Å². The van der Waals surface area contributed by atoms with Gasteiger partial charge in [-0.2, -0.15) is 0 Å². The minimum atomic E-state index is -3.62. The fraction of sp³-hybridized carbons (Fsp3) is 0.538. The number of aliphatic hydroxyl groups excluding tert-OH is 2. The molecule has 0 fully saturated rings. The first-order valence-electron chi connectivity index (χ1n) is 6.47. The molecule has 0 spiro atoms. The highest BCUT2D eigenvalue weighted by atomic mass is 32.2. The molecule has 0 aliphatic rings. The van der Waals surface area contributed by atoms with Crippen LogP contribution >= 0.6 is 0 Å². The van der Waals surface area contributed by atoms with Crippen molar-refractivity contribution < 1.29 is 18.6 Å². The van der Waals surface area contributed by atoms with Crippen LogP contribution in [0.15, 0.2) is 29.2 Å². The Kier molecular flexibility index (Phi) is 5.94. The summed E-state index contributed by atoms with van der Waals surface area (Å²) >= 11 is 0. The Balaban J connectivity index is 3.11. The molecule has 1 rings (SSSR count). The molecule has 6 nitrogen and oxygen atoms in total. The van der Waals surface area contributed by atoms with Crippen LogP contribution in [-0.2, 0) is 10.0 Å². The molecule has 0 bridgehead atoms. The topological polar surface area (TPSA) is 98.7 Å². The third-order valence-electron chi connectivity index (χ3n) is 2.85. The maximum Gasteiger partial charge on any atom is 0.242 e. The van der Waals surface area contributed by atoms with Gasteiger partial charge in [0.1, 0.15) is 4.90 Å². The van der Waals surface area contributed by atoms with Gasteiger partial charge in [-0.15, -0.1) is 0 Å². The standard InChI is InChI=1S/C13H22N2O4S/c1-3-8-14-20(18,19)12-7-5-4-6-11(12)15-13(2,9-16)10-17/h4-7,14-17H,3,8-10H2,1-2H3. The number of nitrogens with one attached hydrogen (secondary N) is 2. The van der Waals surface area contributed by atoms with Crippen LogP contribution in [-0.4, -0.2) is 43.9 Å². The lowest BCUT2D eigenvalue weighted by molar-refractivity contribution is 0.147. The molecular formula is C13H22N2O4S. The van der Waals surface area contributed by atoms with E-state index in [2.05, 4.69) is 10.0 Å². The molecule has 0 heterocycles. The highest BCUT2D eigenvalue weighted by Crippen LogP contribution is 2.24. The molecule has 1 aromatic carbocycles. The van der Waals surface area contributed by atoms with Crippen molar-refractivity contribution in [2.45, 2.75) is 30.7 Å². The molecule has 0 radical (unpaired) electrons. The van der Waals surface area contributed by atoms with Gasteiger partial charge in [0.25, 0.3) is 0 Å². The first-order valence-corrected chi connectivity index (χ1v) is 7.95. The van der Waals surface area contributed by atoms with E-state index in [1.807, 2.05) is 6.92 Å². The molecule has 4 N–H and O–H groups in total. The van der Waals surface area contributed by atoms with Crippen molar-refractivity contribution in [1.82, 2.24) is 4.72 Å². The molecule has 0 aliphatic heterocycles. The maximum atomic E-state index is 12.2. The number of rotatable bonds is 8. The number of sulfonamides is 1. The second-order valence-corrected chi connectivity index (χ2v) is 6.63. The fourth-order valence-corrected chi connectivity index (χ4v) is 2.87. The minimum Gasteiger partial charge on any atom is -0.394 e. The summed E-state index contributed by atoms with van der Waals surface area (Å²) in [5.41, 5.74) is -0.641. The van der Waals surface area contributed by atoms with E-state index in [1.54, 1.807) is 25.1 Å². The van der Waals surface area contributed by atoms with E-state index >= 15 is 0 Å². The van der Waals surface area contributed by atoms with Crippen molar-refractivity contribution in [3.8, 4) is 0 Å². The van der Waals surface area contributed by atoms with Crippen molar-refractivity contribution in [3.63, 3.8) is 0 Å². The minimum absolute atomic E-state index is 0.0987. The molecule has 0 unspecified atom stereocenters. The molecule has 0 aromatic heterocycles. The number of para-hydroxylation sites is 1. The van der Waals surface area contributed by atoms with E-state index in [4.69, 9.17) is 0 Å². The Morgan fingerprint density at radius 3 is 2.35 bits per heavy atom. The van der Waals surface area contributed by atoms with Gasteiger partial charge < -0.3 is 15.5 Å². The number of aliphatic hydroxyl groups is 2. The first-order chi connectivity index (χ1) is 9.38. The number of hydrogen-bond donors (Lipinski definition) is 4. The Hall–Kier alpha value is -1.15. The summed E-state index contributed by atoms with van der Waals surface area (Å²) in [4.78, 5) is 0.0987. The molecule has 0 saturated heterocycles. The van der Waals surface area contributed by atoms with Crippen LogP contribution in [0.1, 0.15) is 20.3 Å². The van der Waals surface area contributed by atoms with Crippen LogP contribution in [0.2, 0.25) is 0 Å². The lowest BCUT2D eigenvalue weighted by atomic mass is 10.1. The van der Waals surface area contributed by atoms with Gasteiger partial charge >= 0.3 is 0 Å². The summed E-state index contributed by atoms with van der Waals surface area (Å²) in [6, 6.07) is 6.40. The Labute approximate surface area is 119 Å². The SMILES string of the molecule is CCCNS(=O)(=O)c1ccccc1NC(C)(CO)CO. The third kappa shape index (κ3) is 4.17. The van der Waals surface area contributed by atoms with Gasteiger partial charge in [0.05, 0.1) is 24.4 Å². The van der Waals surface area contributed by atoms with E-state index in [0.717, 1.165) is 0 Å². The average molecular weight is 302 g/mol. The zero-order chi connectivity index (χ0) is 15.2. The first kappa shape index (κ1) is 16.9. The van der Waals surface area contributed by atoms with Gasteiger partial charge in [0, 0.05) is 6.54 Å².